The third-order valence-electron chi connectivity index (χ3n) is 6.01. The number of nitrogens with zero attached hydrogens (tertiary/aromatic N) is 2. The average Bonchev–Trinajstić information content (AvgIpc) is 3.04. The normalized spacial score (nSPS) is 14.0. The van der Waals surface area contributed by atoms with Gasteiger partial charge in [-0.2, -0.15) is 0 Å². The predicted octanol–water partition coefficient (Wildman–Crippen LogP) is 5.85. The van der Waals surface area contributed by atoms with Crippen molar-refractivity contribution in [1.29, 1.82) is 0 Å². The monoisotopic (exact) mass is 424 g/mol. The van der Waals surface area contributed by atoms with E-state index in [1.807, 2.05) is 98.6 Å². The van der Waals surface area contributed by atoms with Gasteiger partial charge in [-0.1, -0.05) is 67.9 Å². The maximum Gasteiger partial charge on any atom is 0.282 e. The fourth-order valence-electron chi connectivity index (χ4n) is 4.19. The topological polar surface area (TPSA) is 40.6 Å². The number of hydrogen-bond donors (Lipinski definition) is 0. The molecule has 0 bridgehead atoms. The van der Waals surface area contributed by atoms with Gasteiger partial charge < -0.3 is 4.90 Å². The molecule has 1 aliphatic rings. The molecule has 0 saturated carbocycles. The van der Waals surface area contributed by atoms with Gasteiger partial charge in [-0.15, -0.1) is 0 Å². The molecule has 0 unspecified atom stereocenters. The second-order valence-corrected chi connectivity index (χ2v) is 8.63. The highest BCUT2D eigenvalue weighted by atomic mass is 16.2. The molecule has 3 aromatic rings. The number of aryl methyl sites for hydroxylation is 2. The zero-order valence-corrected chi connectivity index (χ0v) is 19.2. The lowest BCUT2D eigenvalue weighted by molar-refractivity contribution is -0.120. The fraction of sp³-hybridized carbons (Fsp3) is 0.214. The summed E-state index contributed by atoms with van der Waals surface area (Å²) in [5, 5.41) is 0. The zero-order chi connectivity index (χ0) is 23.0. The van der Waals surface area contributed by atoms with Crippen molar-refractivity contribution in [3.8, 4) is 0 Å². The molecule has 0 aromatic heterocycles. The highest BCUT2D eigenvalue weighted by Crippen LogP contribution is 2.37. The summed E-state index contributed by atoms with van der Waals surface area (Å²) in [7, 11) is 1.84. The number of carbonyl (C=O) groups is 2. The van der Waals surface area contributed by atoms with Crippen molar-refractivity contribution in [3.63, 3.8) is 0 Å². The van der Waals surface area contributed by atoms with E-state index in [0.29, 0.717) is 22.9 Å². The van der Waals surface area contributed by atoms with Gasteiger partial charge in [-0.25, -0.2) is 4.90 Å². The second-order valence-electron chi connectivity index (χ2n) is 8.63. The average molecular weight is 425 g/mol. The van der Waals surface area contributed by atoms with Crippen LogP contribution in [-0.4, -0.2) is 18.9 Å². The van der Waals surface area contributed by atoms with E-state index >= 15 is 0 Å². The quantitative estimate of drug-likeness (QED) is 0.483. The molecule has 0 saturated heterocycles. The van der Waals surface area contributed by atoms with Crippen molar-refractivity contribution in [2.75, 3.05) is 16.8 Å². The Kier molecular flexibility index (Phi) is 5.70. The Labute approximate surface area is 189 Å². The van der Waals surface area contributed by atoms with E-state index in [4.69, 9.17) is 0 Å². The molecule has 162 valence electrons. The summed E-state index contributed by atoms with van der Waals surface area (Å²) >= 11 is 0. The molecule has 0 spiro atoms. The van der Waals surface area contributed by atoms with Crippen molar-refractivity contribution >= 4 is 28.8 Å². The molecule has 0 N–H and O–H groups in total. The summed E-state index contributed by atoms with van der Waals surface area (Å²) in [6, 6.07) is 23.3. The maximum absolute atomic E-state index is 13.7. The number of para-hydroxylation sites is 1. The van der Waals surface area contributed by atoms with Crippen molar-refractivity contribution < 1.29 is 9.59 Å². The first-order chi connectivity index (χ1) is 15.3. The molecule has 0 radical (unpaired) electrons. The van der Waals surface area contributed by atoms with Crippen molar-refractivity contribution in [2.45, 2.75) is 33.6 Å². The van der Waals surface area contributed by atoms with Gasteiger partial charge in [0.25, 0.3) is 11.8 Å². The molecule has 4 rings (SSSR count). The van der Waals surface area contributed by atoms with Crippen LogP contribution in [0.4, 0.5) is 11.4 Å². The van der Waals surface area contributed by atoms with Gasteiger partial charge in [0, 0.05) is 12.7 Å². The summed E-state index contributed by atoms with van der Waals surface area (Å²) in [5.74, 6) is -0.233. The zero-order valence-electron chi connectivity index (χ0n) is 19.2. The van der Waals surface area contributed by atoms with Gasteiger partial charge in [-0.05, 0) is 60.7 Å². The molecule has 0 atom stereocenters. The van der Waals surface area contributed by atoms with E-state index in [1.165, 1.54) is 4.90 Å². The van der Waals surface area contributed by atoms with Crippen LogP contribution in [0.1, 0.15) is 42.0 Å². The van der Waals surface area contributed by atoms with Gasteiger partial charge in [0.05, 0.1) is 11.3 Å². The van der Waals surface area contributed by atoms with Crippen LogP contribution in [-0.2, 0) is 9.59 Å². The van der Waals surface area contributed by atoms with Gasteiger partial charge >= 0.3 is 0 Å². The summed E-state index contributed by atoms with van der Waals surface area (Å²) in [6.45, 7) is 8.24. The van der Waals surface area contributed by atoms with E-state index in [0.717, 1.165) is 27.9 Å². The van der Waals surface area contributed by atoms with Gasteiger partial charge in [0.15, 0.2) is 0 Å². The molecule has 1 aliphatic heterocycles. The first-order valence-electron chi connectivity index (χ1n) is 10.9. The van der Waals surface area contributed by atoms with E-state index in [-0.39, 0.29) is 11.8 Å². The Morgan fingerprint density at radius 2 is 1.47 bits per heavy atom. The molecule has 4 nitrogen and oxygen atoms in total. The number of amides is 2. The minimum absolute atomic E-state index is 0.294. The largest absolute Gasteiger partial charge is 0.339 e. The van der Waals surface area contributed by atoms with Crippen LogP contribution >= 0.6 is 0 Å². The molecular weight excluding hydrogens is 396 g/mol. The van der Waals surface area contributed by atoms with Crippen LogP contribution in [0, 0.1) is 13.8 Å². The number of hydrogen-bond acceptors (Lipinski definition) is 3. The van der Waals surface area contributed by atoms with Crippen molar-refractivity contribution in [2.24, 2.45) is 0 Å². The standard InChI is InChI=1S/C28H28N2O2/c1-18(2)21-12-14-23(15-13-21)30-27(31)25(24-16-11-19(3)17-20(24)4)26(28(30)32)29(5)22-9-7-6-8-10-22/h6-18H,1-5H3. The molecule has 2 amide bonds. The lowest BCUT2D eigenvalue weighted by Crippen LogP contribution is -2.34. The second kappa shape index (κ2) is 8.46. The smallest absolute Gasteiger partial charge is 0.282 e. The van der Waals surface area contributed by atoms with Crippen LogP contribution in [0.5, 0.6) is 0 Å². The van der Waals surface area contributed by atoms with Crippen LogP contribution in [0.25, 0.3) is 5.57 Å². The van der Waals surface area contributed by atoms with Crippen LogP contribution in [0.2, 0.25) is 0 Å². The molecule has 0 fully saturated rings. The summed E-state index contributed by atoms with van der Waals surface area (Å²) in [4.78, 5) is 30.6. The number of imide groups is 1. The van der Waals surface area contributed by atoms with E-state index < -0.39 is 0 Å². The molecule has 3 aromatic carbocycles. The van der Waals surface area contributed by atoms with Crippen LogP contribution < -0.4 is 9.80 Å². The summed E-state index contributed by atoms with van der Waals surface area (Å²) in [6.07, 6.45) is 0. The highest BCUT2D eigenvalue weighted by Gasteiger charge is 2.42. The minimum Gasteiger partial charge on any atom is -0.339 e. The minimum atomic E-state index is -0.311. The highest BCUT2D eigenvalue weighted by molar-refractivity contribution is 6.46. The Morgan fingerprint density at radius 3 is 2.06 bits per heavy atom. The summed E-state index contributed by atoms with van der Waals surface area (Å²) in [5.41, 5.74) is 6.30. The lowest BCUT2D eigenvalue weighted by Gasteiger charge is -2.22. The summed E-state index contributed by atoms with van der Waals surface area (Å²) < 4.78 is 0. The molecular formula is C28H28N2O2. The SMILES string of the molecule is Cc1ccc(C2=C(N(C)c3ccccc3)C(=O)N(c3ccc(C(C)C)cc3)C2=O)c(C)c1. The Hall–Kier alpha value is -3.66. The number of benzene rings is 3. The van der Waals surface area contributed by atoms with E-state index in [1.54, 1.807) is 0 Å². The Morgan fingerprint density at radius 1 is 0.812 bits per heavy atom. The number of rotatable bonds is 5. The Balaban J connectivity index is 1.87. The van der Waals surface area contributed by atoms with Gasteiger partial charge in [0.1, 0.15) is 5.70 Å². The first kappa shape index (κ1) is 21.6. The third kappa shape index (κ3) is 3.73. The predicted molar refractivity (Wildman–Crippen MR) is 131 cm³/mol. The van der Waals surface area contributed by atoms with Gasteiger partial charge in [0.2, 0.25) is 0 Å². The number of likely N-dealkylation sites (N-methyl/N-ethyl adjacent to an activating group) is 1. The third-order valence-corrected chi connectivity index (χ3v) is 6.01. The fourth-order valence-corrected chi connectivity index (χ4v) is 4.19. The van der Waals surface area contributed by atoms with Crippen molar-refractivity contribution in [3.05, 3.63) is 101 Å². The maximum atomic E-state index is 13.7. The molecule has 1 heterocycles. The van der Waals surface area contributed by atoms with Crippen LogP contribution in [0.15, 0.2) is 78.5 Å². The van der Waals surface area contributed by atoms with E-state index in [2.05, 4.69) is 13.8 Å². The number of anilines is 2. The van der Waals surface area contributed by atoms with Crippen LogP contribution in [0.3, 0.4) is 0 Å². The Bertz CT molecular complexity index is 1210. The van der Waals surface area contributed by atoms with E-state index in [9.17, 15) is 9.59 Å². The van der Waals surface area contributed by atoms with Gasteiger partial charge in [-0.3, -0.25) is 9.59 Å². The first-order valence-corrected chi connectivity index (χ1v) is 10.9. The molecule has 32 heavy (non-hydrogen) atoms. The van der Waals surface area contributed by atoms with Crippen molar-refractivity contribution in [1.82, 2.24) is 0 Å². The molecule has 4 heteroatoms. The number of carbonyl (C=O) groups excluding carboxylic acids is 2. The molecule has 0 aliphatic carbocycles. The lowest BCUT2D eigenvalue weighted by atomic mass is 9.97.